The Labute approximate surface area is 96.8 Å². The molecule has 16 heavy (non-hydrogen) atoms. The van der Waals surface area contributed by atoms with Crippen LogP contribution in [0.2, 0.25) is 0 Å². The van der Waals surface area contributed by atoms with E-state index in [4.69, 9.17) is 4.74 Å². The first-order valence-electron chi connectivity index (χ1n) is 5.67. The molecule has 2 nitrogen and oxygen atoms in total. The van der Waals surface area contributed by atoms with E-state index in [1.165, 1.54) is 7.11 Å². The van der Waals surface area contributed by atoms with Gasteiger partial charge in [0.15, 0.2) is 11.6 Å². The van der Waals surface area contributed by atoms with Crippen LogP contribution in [0, 0.1) is 5.82 Å². The van der Waals surface area contributed by atoms with Gasteiger partial charge in [-0.3, -0.25) is 0 Å². The first-order valence-corrected chi connectivity index (χ1v) is 5.67. The van der Waals surface area contributed by atoms with E-state index >= 15 is 0 Å². The van der Waals surface area contributed by atoms with Crippen molar-refractivity contribution in [3.63, 3.8) is 0 Å². The van der Waals surface area contributed by atoms with Crippen LogP contribution in [0.15, 0.2) is 18.2 Å². The van der Waals surface area contributed by atoms with Gasteiger partial charge in [-0.15, -0.1) is 0 Å². The molecule has 3 heteroatoms. The number of ether oxygens (including phenoxy) is 1. The van der Waals surface area contributed by atoms with Crippen molar-refractivity contribution in [2.45, 2.75) is 32.2 Å². The van der Waals surface area contributed by atoms with E-state index in [0.717, 1.165) is 24.8 Å². The lowest BCUT2D eigenvalue weighted by atomic mass is 10.1. The molecule has 0 aliphatic carbocycles. The van der Waals surface area contributed by atoms with Crippen LogP contribution in [-0.2, 0) is 6.42 Å². The first-order chi connectivity index (χ1) is 7.67. The van der Waals surface area contributed by atoms with Crippen LogP contribution >= 0.6 is 0 Å². The minimum atomic E-state index is -0.276. The zero-order valence-corrected chi connectivity index (χ0v) is 10.2. The summed E-state index contributed by atoms with van der Waals surface area (Å²) < 4.78 is 18.2. The van der Waals surface area contributed by atoms with Gasteiger partial charge in [-0.2, -0.15) is 0 Å². The van der Waals surface area contributed by atoms with E-state index in [1.807, 2.05) is 13.1 Å². The molecule has 0 aliphatic heterocycles. The fourth-order valence-electron chi connectivity index (χ4n) is 1.62. The third-order valence-electron chi connectivity index (χ3n) is 2.81. The number of halogens is 1. The molecule has 0 spiro atoms. The van der Waals surface area contributed by atoms with Gasteiger partial charge in [0.25, 0.3) is 0 Å². The van der Waals surface area contributed by atoms with Crippen LogP contribution in [-0.4, -0.2) is 20.2 Å². The maximum Gasteiger partial charge on any atom is 0.165 e. The van der Waals surface area contributed by atoms with Crippen molar-refractivity contribution in [2.75, 3.05) is 14.2 Å². The lowest BCUT2D eigenvalue weighted by molar-refractivity contribution is 0.386. The van der Waals surface area contributed by atoms with Crippen LogP contribution in [0.3, 0.4) is 0 Å². The van der Waals surface area contributed by atoms with Crippen molar-refractivity contribution in [1.82, 2.24) is 5.32 Å². The van der Waals surface area contributed by atoms with E-state index in [0.29, 0.717) is 11.8 Å². The summed E-state index contributed by atoms with van der Waals surface area (Å²) in [6.07, 6.45) is 3.07. The summed E-state index contributed by atoms with van der Waals surface area (Å²) in [6, 6.07) is 5.68. The van der Waals surface area contributed by atoms with E-state index < -0.39 is 0 Å². The summed E-state index contributed by atoms with van der Waals surface area (Å²) >= 11 is 0. The zero-order valence-electron chi connectivity index (χ0n) is 10.2. The minimum absolute atomic E-state index is 0.276. The molecule has 0 saturated carbocycles. The van der Waals surface area contributed by atoms with Crippen LogP contribution < -0.4 is 10.1 Å². The monoisotopic (exact) mass is 225 g/mol. The molecule has 1 atom stereocenters. The molecule has 0 aliphatic rings. The number of hydrogen-bond acceptors (Lipinski definition) is 2. The molecular weight excluding hydrogens is 205 g/mol. The van der Waals surface area contributed by atoms with Gasteiger partial charge in [-0.25, -0.2) is 4.39 Å². The Kier molecular flexibility index (Phi) is 5.26. The Morgan fingerprint density at radius 3 is 2.75 bits per heavy atom. The van der Waals surface area contributed by atoms with E-state index in [-0.39, 0.29) is 5.82 Å². The lowest BCUT2D eigenvalue weighted by Gasteiger charge is -2.09. The van der Waals surface area contributed by atoms with Crippen molar-refractivity contribution < 1.29 is 9.13 Å². The van der Waals surface area contributed by atoms with Crippen LogP contribution in [0.4, 0.5) is 4.39 Å². The van der Waals surface area contributed by atoms with Crippen LogP contribution in [0.1, 0.15) is 25.3 Å². The highest BCUT2D eigenvalue weighted by atomic mass is 19.1. The second-order valence-corrected chi connectivity index (χ2v) is 4.05. The maximum absolute atomic E-state index is 13.4. The van der Waals surface area contributed by atoms with Crippen molar-refractivity contribution in [2.24, 2.45) is 0 Å². The van der Waals surface area contributed by atoms with E-state index in [9.17, 15) is 4.39 Å². The Bertz CT molecular complexity index is 328. The van der Waals surface area contributed by atoms with Gasteiger partial charge in [0, 0.05) is 6.04 Å². The Hall–Kier alpha value is -1.09. The topological polar surface area (TPSA) is 21.3 Å². The van der Waals surface area contributed by atoms with Crippen molar-refractivity contribution in [1.29, 1.82) is 0 Å². The van der Waals surface area contributed by atoms with Crippen LogP contribution in [0.25, 0.3) is 0 Å². The third-order valence-corrected chi connectivity index (χ3v) is 2.81. The van der Waals surface area contributed by atoms with Gasteiger partial charge in [0.2, 0.25) is 0 Å². The molecule has 1 rings (SSSR count). The van der Waals surface area contributed by atoms with E-state index in [2.05, 4.69) is 12.2 Å². The highest BCUT2D eigenvalue weighted by Gasteiger charge is 2.04. The number of nitrogens with one attached hydrogen (secondary N) is 1. The van der Waals surface area contributed by atoms with Gasteiger partial charge in [-0.1, -0.05) is 6.07 Å². The smallest absolute Gasteiger partial charge is 0.165 e. The third kappa shape index (κ3) is 3.81. The molecule has 1 N–H and O–H groups in total. The number of hydrogen-bond donors (Lipinski definition) is 1. The Morgan fingerprint density at radius 1 is 1.44 bits per heavy atom. The summed E-state index contributed by atoms with van der Waals surface area (Å²) in [5.41, 5.74) is 1.03. The molecule has 0 bridgehead atoms. The van der Waals surface area contributed by atoms with Gasteiger partial charge in [0.1, 0.15) is 0 Å². The Balaban J connectivity index is 2.46. The quantitative estimate of drug-likeness (QED) is 0.803. The van der Waals surface area contributed by atoms with Gasteiger partial charge >= 0.3 is 0 Å². The average Bonchev–Trinajstić information content (AvgIpc) is 2.29. The van der Waals surface area contributed by atoms with Gasteiger partial charge in [0.05, 0.1) is 7.11 Å². The predicted octanol–water partition coefficient (Wildman–Crippen LogP) is 2.76. The maximum atomic E-state index is 13.4. The van der Waals surface area contributed by atoms with Crippen molar-refractivity contribution >= 4 is 0 Å². The predicted molar refractivity (Wildman–Crippen MR) is 64.4 cm³/mol. The van der Waals surface area contributed by atoms with Gasteiger partial charge < -0.3 is 10.1 Å². The molecule has 0 saturated heterocycles. The second kappa shape index (κ2) is 6.48. The van der Waals surface area contributed by atoms with Crippen LogP contribution in [0.5, 0.6) is 5.75 Å². The first kappa shape index (κ1) is 13.0. The SMILES string of the molecule is CNC(C)CCCc1ccc(OC)c(F)c1. The standard InChI is InChI=1S/C13H20FNO/c1-10(15-2)5-4-6-11-7-8-13(16-3)12(14)9-11/h7-10,15H,4-6H2,1-3H3. The number of benzene rings is 1. The zero-order chi connectivity index (χ0) is 12.0. The van der Waals surface area contributed by atoms with E-state index in [1.54, 1.807) is 12.1 Å². The fraction of sp³-hybridized carbons (Fsp3) is 0.538. The molecule has 1 unspecified atom stereocenters. The molecule has 0 heterocycles. The molecule has 0 amide bonds. The number of aryl methyl sites for hydroxylation is 1. The molecule has 1 aromatic carbocycles. The summed E-state index contributed by atoms with van der Waals surface area (Å²) in [6.45, 7) is 2.15. The normalized spacial score (nSPS) is 12.5. The lowest BCUT2D eigenvalue weighted by Crippen LogP contribution is -2.20. The summed E-state index contributed by atoms with van der Waals surface area (Å²) in [5, 5.41) is 3.19. The summed E-state index contributed by atoms with van der Waals surface area (Å²) in [5.74, 6) is 0.0361. The summed E-state index contributed by atoms with van der Waals surface area (Å²) in [4.78, 5) is 0. The molecule has 90 valence electrons. The largest absolute Gasteiger partial charge is 0.494 e. The summed E-state index contributed by atoms with van der Waals surface area (Å²) in [7, 11) is 3.43. The fourth-order valence-corrected chi connectivity index (χ4v) is 1.62. The molecule has 1 aromatic rings. The molecule has 0 fully saturated rings. The Morgan fingerprint density at radius 2 is 2.19 bits per heavy atom. The van der Waals surface area contributed by atoms with Crippen molar-refractivity contribution in [3.05, 3.63) is 29.6 Å². The number of methoxy groups -OCH3 is 1. The molecule has 0 aromatic heterocycles. The molecule has 0 radical (unpaired) electrons. The average molecular weight is 225 g/mol. The number of rotatable bonds is 6. The highest BCUT2D eigenvalue weighted by Crippen LogP contribution is 2.18. The van der Waals surface area contributed by atoms with Gasteiger partial charge in [-0.05, 0) is 50.9 Å². The highest BCUT2D eigenvalue weighted by molar-refractivity contribution is 5.29. The molecular formula is C13H20FNO. The minimum Gasteiger partial charge on any atom is -0.494 e. The second-order valence-electron chi connectivity index (χ2n) is 4.05. The van der Waals surface area contributed by atoms with Crippen molar-refractivity contribution in [3.8, 4) is 5.75 Å².